The van der Waals surface area contributed by atoms with Gasteiger partial charge in [-0.15, -0.1) is 0 Å². The summed E-state index contributed by atoms with van der Waals surface area (Å²) in [5.41, 5.74) is 0. The Morgan fingerprint density at radius 1 is 0.762 bits per heavy atom. The van der Waals surface area contributed by atoms with Gasteiger partial charge in [-0.1, -0.05) is 32.1 Å². The van der Waals surface area contributed by atoms with Crippen LogP contribution in [0.25, 0.3) is 0 Å². The molecule has 1 radical (unpaired) electrons. The number of rotatable bonds is 8. The van der Waals surface area contributed by atoms with E-state index in [0.29, 0.717) is 0 Å². The largest absolute Gasteiger partial charge is 0 e. The third kappa shape index (κ3) is 29.6. The molecule has 5 heteroatoms. The van der Waals surface area contributed by atoms with Crippen LogP contribution in [0, 0.1) is 6.65 Å². The fourth-order valence-corrected chi connectivity index (χ4v) is 5.65. The molecule has 1 fully saturated rings. The molecule has 0 N–H and O–H groups in total. The second-order valence-electron chi connectivity index (χ2n) is 5.95. The van der Waals surface area contributed by atoms with Crippen LogP contribution in [0.5, 0.6) is 0 Å². The van der Waals surface area contributed by atoms with Crippen LogP contribution in [0.2, 0.25) is 8.35 Å². The Balaban J connectivity index is -0.000000336. The van der Waals surface area contributed by atoms with Crippen LogP contribution < -0.4 is 0 Å². The van der Waals surface area contributed by atoms with E-state index in [1.165, 1.54) is 58.0 Å². The van der Waals surface area contributed by atoms with E-state index in [-0.39, 0.29) is 39.4 Å². The summed E-state index contributed by atoms with van der Waals surface area (Å²) < 4.78 is 10.7. The van der Waals surface area contributed by atoms with Crippen molar-refractivity contribution in [3.05, 3.63) is 6.65 Å². The van der Waals surface area contributed by atoms with Crippen molar-refractivity contribution in [3.8, 4) is 0 Å². The van der Waals surface area contributed by atoms with Crippen molar-refractivity contribution in [2.45, 2.75) is 53.3 Å². The van der Waals surface area contributed by atoms with E-state index in [1.54, 1.807) is 8.35 Å². The molecular weight excluding hydrogens is 410 g/mol. The first kappa shape index (κ1) is 26.9. The number of nitrogens with zero attached hydrogens (tertiary/aromatic N) is 2. The molecule has 0 atom stereocenters. The van der Waals surface area contributed by atoms with Crippen molar-refractivity contribution in [3.63, 3.8) is 0 Å². The molecule has 21 heavy (non-hydrogen) atoms. The van der Waals surface area contributed by atoms with Crippen molar-refractivity contribution in [1.82, 2.24) is 9.80 Å². The van der Waals surface area contributed by atoms with Crippen LogP contribution in [0.3, 0.4) is 0 Å². The van der Waals surface area contributed by atoms with Gasteiger partial charge >= 0.3 is 106 Å². The van der Waals surface area contributed by atoms with Gasteiger partial charge in [-0.05, 0) is 0 Å². The van der Waals surface area contributed by atoms with Crippen LogP contribution in [0.15, 0.2) is 0 Å². The summed E-state index contributed by atoms with van der Waals surface area (Å²) in [4.78, 5) is 4.59. The molecule has 1 aliphatic rings. The number of hydrogen-bond acceptors (Lipinski definition) is 2. The van der Waals surface area contributed by atoms with Crippen molar-refractivity contribution in [2.75, 3.05) is 41.3 Å². The topological polar surface area (TPSA) is 26.4 Å². The van der Waals surface area contributed by atoms with Crippen LogP contribution in [0.4, 0.5) is 0 Å². The SMILES string of the molecule is C1CCCC1.CN(C)CC[CH2][In][CH2]CCN(C)C.[C-]#[O+].[Ni]. The minimum Gasteiger partial charge on any atom is 0 e. The van der Waals surface area contributed by atoms with E-state index in [4.69, 9.17) is 4.65 Å². The summed E-state index contributed by atoms with van der Waals surface area (Å²) in [5.74, 6) is 0. The van der Waals surface area contributed by atoms with E-state index in [0.717, 1.165) is 0 Å². The summed E-state index contributed by atoms with van der Waals surface area (Å²) >= 11 is -0.145. The molecule has 127 valence electrons. The molecule has 0 heterocycles. The van der Waals surface area contributed by atoms with Crippen molar-refractivity contribution < 1.29 is 21.1 Å². The second kappa shape index (κ2) is 23.3. The van der Waals surface area contributed by atoms with E-state index >= 15 is 0 Å². The van der Waals surface area contributed by atoms with Gasteiger partial charge in [-0.2, -0.15) is 0 Å². The molecule has 0 aromatic carbocycles. The van der Waals surface area contributed by atoms with Gasteiger partial charge in [0.15, 0.2) is 0 Å². The maximum atomic E-state index is 7.50. The van der Waals surface area contributed by atoms with Gasteiger partial charge in [-0.3, -0.25) is 0 Å². The van der Waals surface area contributed by atoms with Crippen LogP contribution >= 0.6 is 0 Å². The Labute approximate surface area is 154 Å². The second-order valence-corrected chi connectivity index (χ2v) is 10.9. The zero-order chi connectivity index (χ0) is 15.6. The fraction of sp³-hybridized carbons (Fsp3) is 0.938. The Hall–Kier alpha value is 1.02. The minimum atomic E-state index is -0.145. The summed E-state index contributed by atoms with van der Waals surface area (Å²) in [6, 6.07) is 0. The van der Waals surface area contributed by atoms with Crippen LogP contribution in [-0.4, -0.2) is 74.0 Å². The quantitative estimate of drug-likeness (QED) is 0.249. The molecule has 0 aromatic heterocycles. The van der Waals surface area contributed by atoms with Crippen molar-refractivity contribution >= 4 is 22.9 Å². The average Bonchev–Trinajstić information content (AvgIpc) is 2.98. The third-order valence-electron chi connectivity index (χ3n) is 3.28. The van der Waals surface area contributed by atoms with E-state index in [1.807, 2.05) is 0 Å². The number of hydrogen-bond donors (Lipinski definition) is 0. The summed E-state index contributed by atoms with van der Waals surface area (Å²) in [6.07, 6.45) is 10.4. The van der Waals surface area contributed by atoms with E-state index in [2.05, 4.69) is 44.6 Å². The molecule has 1 saturated carbocycles. The first-order valence-electron chi connectivity index (χ1n) is 7.94. The summed E-state index contributed by atoms with van der Waals surface area (Å²) in [7, 11) is 8.66. The molecule has 0 unspecified atom stereocenters. The van der Waals surface area contributed by atoms with Gasteiger partial charge in [-0.25, -0.2) is 0 Å². The molecule has 0 saturated heterocycles. The summed E-state index contributed by atoms with van der Waals surface area (Å²) in [5, 5.41) is 0. The molecule has 0 amide bonds. The molecule has 1 rings (SSSR count). The maximum Gasteiger partial charge on any atom is 0 e. The summed E-state index contributed by atoms with van der Waals surface area (Å²) in [6.45, 7) is 7.08. The first-order chi connectivity index (χ1) is 9.63. The van der Waals surface area contributed by atoms with Gasteiger partial charge in [0.25, 0.3) is 0 Å². The Bertz CT molecular complexity index is 178. The predicted molar refractivity (Wildman–Crippen MR) is 88.7 cm³/mol. The van der Waals surface area contributed by atoms with Gasteiger partial charge in [0.2, 0.25) is 0 Å². The van der Waals surface area contributed by atoms with Crippen LogP contribution in [-0.2, 0) is 21.1 Å². The maximum absolute atomic E-state index is 7.50. The normalized spacial score (nSPS) is 12.8. The first-order valence-corrected chi connectivity index (χ1v) is 12.6. The van der Waals surface area contributed by atoms with Crippen LogP contribution in [0.1, 0.15) is 44.9 Å². The van der Waals surface area contributed by atoms with Gasteiger partial charge in [0, 0.05) is 16.5 Å². The molecule has 0 spiro atoms. The molecule has 3 nitrogen and oxygen atoms in total. The predicted octanol–water partition coefficient (Wildman–Crippen LogP) is 3.34. The monoisotopic (exact) mass is 443 g/mol. The molecular formula is C16H34InN2NiO. The fourth-order valence-electron chi connectivity index (χ4n) is 2.13. The third-order valence-corrected chi connectivity index (χ3v) is 7.94. The molecule has 0 bridgehead atoms. The Kier molecular flexibility index (Phi) is 29.8. The average molecular weight is 444 g/mol. The zero-order valence-corrected chi connectivity index (χ0v) is 18.8. The van der Waals surface area contributed by atoms with Gasteiger partial charge in [0.05, 0.1) is 0 Å². The minimum absolute atomic E-state index is 0. The zero-order valence-electron chi connectivity index (χ0n) is 14.5. The van der Waals surface area contributed by atoms with E-state index in [9.17, 15) is 0 Å². The van der Waals surface area contributed by atoms with Crippen molar-refractivity contribution in [2.24, 2.45) is 0 Å². The van der Waals surface area contributed by atoms with E-state index < -0.39 is 0 Å². The van der Waals surface area contributed by atoms with Crippen molar-refractivity contribution in [1.29, 1.82) is 0 Å². The van der Waals surface area contributed by atoms with Gasteiger partial charge in [0.1, 0.15) is 0 Å². The molecule has 1 aliphatic carbocycles. The van der Waals surface area contributed by atoms with Gasteiger partial charge < -0.3 is 0 Å². The Morgan fingerprint density at radius 3 is 1.29 bits per heavy atom. The molecule has 0 aliphatic heterocycles. The molecule has 0 aromatic rings. The Morgan fingerprint density at radius 2 is 1.05 bits per heavy atom. The smallest absolute Gasteiger partial charge is 0 e. The standard InChI is InChI=1S/2C5H12N.C5H10.CO.In.Ni/c2*1-4-5-6(2)3;1-2-4-5-3-1;1-2;;/h2*1,4-5H2,2-3H3;1-5H2;;;.